The minimum absolute atomic E-state index is 0.247. The highest BCUT2D eigenvalue weighted by Gasteiger charge is 2.15. The summed E-state index contributed by atoms with van der Waals surface area (Å²) in [5.74, 6) is -0.817. The fourth-order valence-electron chi connectivity index (χ4n) is 2.08. The van der Waals surface area contributed by atoms with E-state index in [2.05, 4.69) is 5.32 Å². The SMILES string of the molecule is CN(C)Cc1ccc(C(=O)Nc2ccc(O)c([N+](=O)[O-])c2)cc1. The van der Waals surface area contributed by atoms with Crippen LogP contribution in [0.2, 0.25) is 0 Å². The molecular weight excluding hydrogens is 298 g/mol. The van der Waals surface area contributed by atoms with Crippen molar-refractivity contribution >= 4 is 17.3 Å². The number of nitrogens with one attached hydrogen (secondary N) is 1. The van der Waals surface area contributed by atoms with Crippen LogP contribution in [0.1, 0.15) is 15.9 Å². The molecule has 2 rings (SSSR count). The molecule has 7 heteroatoms. The van der Waals surface area contributed by atoms with Gasteiger partial charge in [0, 0.05) is 23.9 Å². The van der Waals surface area contributed by atoms with Gasteiger partial charge >= 0.3 is 5.69 Å². The molecule has 0 aliphatic carbocycles. The zero-order chi connectivity index (χ0) is 17.0. The van der Waals surface area contributed by atoms with Crippen molar-refractivity contribution in [2.75, 3.05) is 19.4 Å². The first kappa shape index (κ1) is 16.4. The summed E-state index contributed by atoms with van der Waals surface area (Å²) in [6.07, 6.45) is 0. The first-order valence-corrected chi connectivity index (χ1v) is 6.89. The Bertz CT molecular complexity index is 727. The number of rotatable bonds is 5. The van der Waals surface area contributed by atoms with Gasteiger partial charge in [-0.15, -0.1) is 0 Å². The molecule has 0 spiro atoms. The van der Waals surface area contributed by atoms with E-state index in [0.29, 0.717) is 5.56 Å². The number of anilines is 1. The van der Waals surface area contributed by atoms with E-state index < -0.39 is 16.4 Å². The Labute approximate surface area is 133 Å². The Morgan fingerprint density at radius 2 is 1.87 bits per heavy atom. The van der Waals surface area contributed by atoms with Crippen LogP contribution in [0.15, 0.2) is 42.5 Å². The van der Waals surface area contributed by atoms with E-state index in [1.54, 1.807) is 12.1 Å². The summed E-state index contributed by atoms with van der Waals surface area (Å²) in [5, 5.41) is 22.8. The van der Waals surface area contributed by atoms with Crippen molar-refractivity contribution in [2.24, 2.45) is 0 Å². The lowest BCUT2D eigenvalue weighted by molar-refractivity contribution is -0.385. The van der Waals surface area contributed by atoms with Crippen molar-refractivity contribution in [3.8, 4) is 5.75 Å². The lowest BCUT2D eigenvalue weighted by atomic mass is 10.1. The van der Waals surface area contributed by atoms with Crippen LogP contribution in [-0.2, 0) is 6.54 Å². The van der Waals surface area contributed by atoms with Gasteiger partial charge in [-0.1, -0.05) is 12.1 Å². The van der Waals surface area contributed by atoms with E-state index in [-0.39, 0.29) is 11.6 Å². The molecule has 0 aliphatic heterocycles. The van der Waals surface area contributed by atoms with Gasteiger partial charge in [0.15, 0.2) is 5.75 Å². The third kappa shape index (κ3) is 4.27. The maximum Gasteiger partial charge on any atom is 0.312 e. The van der Waals surface area contributed by atoms with Gasteiger partial charge in [0.1, 0.15) is 0 Å². The van der Waals surface area contributed by atoms with Gasteiger partial charge < -0.3 is 15.3 Å². The second kappa shape index (κ2) is 6.89. The summed E-state index contributed by atoms with van der Waals surface area (Å²) in [6.45, 7) is 0.770. The molecule has 0 saturated heterocycles. The zero-order valence-corrected chi connectivity index (χ0v) is 12.8. The summed E-state index contributed by atoms with van der Waals surface area (Å²) in [7, 11) is 3.91. The van der Waals surface area contributed by atoms with Crippen LogP contribution in [-0.4, -0.2) is 34.9 Å². The van der Waals surface area contributed by atoms with Crippen molar-refractivity contribution in [3.05, 3.63) is 63.7 Å². The minimum Gasteiger partial charge on any atom is -0.502 e. The van der Waals surface area contributed by atoms with E-state index in [1.807, 2.05) is 31.1 Å². The molecule has 0 heterocycles. The highest BCUT2D eigenvalue weighted by Crippen LogP contribution is 2.28. The standard InChI is InChI=1S/C16H17N3O4/c1-18(2)10-11-3-5-12(6-4-11)16(21)17-13-7-8-15(20)14(9-13)19(22)23/h3-9,20H,10H2,1-2H3,(H,17,21). The number of nitrogens with zero attached hydrogens (tertiary/aromatic N) is 2. The number of carbonyl (C=O) groups excluding carboxylic acids is 1. The number of phenols is 1. The monoisotopic (exact) mass is 315 g/mol. The number of hydrogen-bond donors (Lipinski definition) is 2. The van der Waals surface area contributed by atoms with Gasteiger partial charge in [-0.25, -0.2) is 0 Å². The van der Waals surface area contributed by atoms with Gasteiger partial charge in [-0.05, 0) is 43.9 Å². The van der Waals surface area contributed by atoms with E-state index in [0.717, 1.165) is 18.2 Å². The molecular formula is C16H17N3O4. The molecule has 23 heavy (non-hydrogen) atoms. The van der Waals surface area contributed by atoms with Crippen LogP contribution in [0, 0.1) is 10.1 Å². The Morgan fingerprint density at radius 1 is 1.22 bits per heavy atom. The third-order valence-corrected chi connectivity index (χ3v) is 3.14. The molecule has 0 saturated carbocycles. The van der Waals surface area contributed by atoms with Crippen LogP contribution < -0.4 is 5.32 Å². The second-order valence-electron chi connectivity index (χ2n) is 5.35. The number of carbonyl (C=O) groups is 1. The molecule has 0 atom stereocenters. The fraction of sp³-hybridized carbons (Fsp3) is 0.188. The summed E-state index contributed by atoms with van der Waals surface area (Å²) < 4.78 is 0. The predicted octanol–water partition coefficient (Wildman–Crippen LogP) is 2.61. The van der Waals surface area contributed by atoms with Crippen LogP contribution in [0.5, 0.6) is 5.75 Å². The number of hydrogen-bond acceptors (Lipinski definition) is 5. The molecule has 120 valence electrons. The van der Waals surface area contributed by atoms with E-state index in [1.165, 1.54) is 12.1 Å². The highest BCUT2D eigenvalue weighted by atomic mass is 16.6. The number of aromatic hydroxyl groups is 1. The van der Waals surface area contributed by atoms with E-state index in [9.17, 15) is 20.0 Å². The Morgan fingerprint density at radius 3 is 2.43 bits per heavy atom. The van der Waals surface area contributed by atoms with Gasteiger partial charge in [0.25, 0.3) is 5.91 Å². The van der Waals surface area contributed by atoms with Crippen molar-refractivity contribution in [1.82, 2.24) is 4.90 Å². The minimum atomic E-state index is -0.707. The van der Waals surface area contributed by atoms with Crippen molar-refractivity contribution in [3.63, 3.8) is 0 Å². The average molecular weight is 315 g/mol. The first-order valence-electron chi connectivity index (χ1n) is 6.89. The second-order valence-corrected chi connectivity index (χ2v) is 5.35. The molecule has 0 fully saturated rings. The molecule has 0 unspecified atom stereocenters. The van der Waals surface area contributed by atoms with E-state index >= 15 is 0 Å². The normalized spacial score (nSPS) is 10.6. The van der Waals surface area contributed by atoms with Crippen LogP contribution in [0.3, 0.4) is 0 Å². The molecule has 0 aliphatic rings. The van der Waals surface area contributed by atoms with Crippen LogP contribution >= 0.6 is 0 Å². The van der Waals surface area contributed by atoms with Gasteiger partial charge in [-0.3, -0.25) is 14.9 Å². The topological polar surface area (TPSA) is 95.7 Å². The maximum atomic E-state index is 12.2. The summed E-state index contributed by atoms with van der Waals surface area (Å²) in [6, 6.07) is 10.8. The van der Waals surface area contributed by atoms with Gasteiger partial charge in [-0.2, -0.15) is 0 Å². The van der Waals surface area contributed by atoms with Crippen LogP contribution in [0.4, 0.5) is 11.4 Å². The number of nitro benzene ring substituents is 1. The molecule has 0 radical (unpaired) electrons. The summed E-state index contributed by atoms with van der Waals surface area (Å²) in [4.78, 5) is 24.3. The molecule has 2 N–H and O–H groups in total. The zero-order valence-electron chi connectivity index (χ0n) is 12.8. The van der Waals surface area contributed by atoms with Crippen molar-refractivity contribution in [1.29, 1.82) is 0 Å². The highest BCUT2D eigenvalue weighted by molar-refractivity contribution is 6.04. The number of amides is 1. The quantitative estimate of drug-likeness (QED) is 0.502. The molecule has 0 bridgehead atoms. The lowest BCUT2D eigenvalue weighted by Gasteiger charge is -2.10. The maximum absolute atomic E-state index is 12.2. The average Bonchev–Trinajstić information content (AvgIpc) is 2.49. The predicted molar refractivity (Wildman–Crippen MR) is 86.5 cm³/mol. The van der Waals surface area contributed by atoms with Crippen LogP contribution in [0.25, 0.3) is 0 Å². The van der Waals surface area contributed by atoms with Crippen molar-refractivity contribution in [2.45, 2.75) is 6.54 Å². The van der Waals surface area contributed by atoms with E-state index in [4.69, 9.17) is 0 Å². The fourth-order valence-corrected chi connectivity index (χ4v) is 2.08. The molecule has 2 aromatic rings. The Balaban J connectivity index is 2.13. The molecule has 2 aromatic carbocycles. The number of nitro groups is 1. The Hall–Kier alpha value is -2.93. The van der Waals surface area contributed by atoms with Crippen molar-refractivity contribution < 1.29 is 14.8 Å². The molecule has 1 amide bonds. The number of benzene rings is 2. The molecule has 0 aromatic heterocycles. The van der Waals surface area contributed by atoms with Gasteiger partial charge in [0.05, 0.1) is 4.92 Å². The van der Waals surface area contributed by atoms with Gasteiger partial charge in [0.2, 0.25) is 0 Å². The number of phenolic OH excluding ortho intramolecular Hbond substituents is 1. The smallest absolute Gasteiger partial charge is 0.312 e. The first-order chi connectivity index (χ1) is 10.9. The summed E-state index contributed by atoms with van der Waals surface area (Å²) >= 11 is 0. The lowest BCUT2D eigenvalue weighted by Crippen LogP contribution is -2.13. The molecule has 7 nitrogen and oxygen atoms in total. The largest absolute Gasteiger partial charge is 0.502 e. The summed E-state index contributed by atoms with van der Waals surface area (Å²) in [5.41, 5.74) is 1.32. The third-order valence-electron chi connectivity index (χ3n) is 3.14. The Kier molecular flexibility index (Phi) is 4.92.